The van der Waals surface area contributed by atoms with Crippen molar-refractivity contribution >= 4 is 5.91 Å². The maximum atomic E-state index is 11.7. The number of amides is 1. The Hall–Kier alpha value is -1.70. The van der Waals surface area contributed by atoms with Crippen molar-refractivity contribution in [1.29, 1.82) is 0 Å². The van der Waals surface area contributed by atoms with Gasteiger partial charge in [-0.25, -0.2) is 4.98 Å². The van der Waals surface area contributed by atoms with E-state index in [2.05, 4.69) is 20.1 Å². The highest BCUT2D eigenvalue weighted by molar-refractivity contribution is 5.73. The summed E-state index contributed by atoms with van der Waals surface area (Å²) in [6.07, 6.45) is 8.38. The Morgan fingerprint density at radius 1 is 1.21 bits per heavy atom. The SMILES string of the molecule is CC(=O)NC(CN1CCOCC1)c1ccc(OC2CCN(C3CCC3)CC2)nc1. The number of carbonyl (C=O) groups excluding carboxylic acids is 1. The lowest BCUT2D eigenvalue weighted by atomic mass is 9.90. The van der Waals surface area contributed by atoms with Crippen molar-refractivity contribution in [3.8, 4) is 5.88 Å². The average molecular weight is 403 g/mol. The van der Waals surface area contributed by atoms with Crippen molar-refractivity contribution in [3.63, 3.8) is 0 Å². The first-order valence-electron chi connectivity index (χ1n) is 11.1. The number of pyridine rings is 1. The zero-order valence-electron chi connectivity index (χ0n) is 17.5. The van der Waals surface area contributed by atoms with Gasteiger partial charge in [0.05, 0.1) is 19.3 Å². The maximum Gasteiger partial charge on any atom is 0.217 e. The van der Waals surface area contributed by atoms with Gasteiger partial charge in [-0.05, 0) is 31.2 Å². The molecular weight excluding hydrogens is 368 g/mol. The van der Waals surface area contributed by atoms with Crippen LogP contribution in [0.15, 0.2) is 18.3 Å². The van der Waals surface area contributed by atoms with E-state index in [1.165, 1.54) is 19.3 Å². The molecule has 3 fully saturated rings. The standard InChI is InChI=1S/C22H34N4O3/c1-17(27)24-21(16-25-11-13-28-14-12-25)18-5-6-22(23-15-18)29-20-7-9-26(10-8-20)19-3-2-4-19/h5-6,15,19-21H,2-4,7-14,16H2,1H3,(H,24,27). The molecule has 1 saturated carbocycles. The molecule has 7 heteroatoms. The number of hydrogen-bond donors (Lipinski definition) is 1. The van der Waals surface area contributed by atoms with Gasteiger partial charge in [-0.15, -0.1) is 0 Å². The highest BCUT2D eigenvalue weighted by atomic mass is 16.5. The number of ether oxygens (including phenoxy) is 2. The lowest BCUT2D eigenvalue weighted by Gasteiger charge is -2.41. The number of likely N-dealkylation sites (tertiary alicyclic amines) is 1. The van der Waals surface area contributed by atoms with Crippen LogP contribution in [0.4, 0.5) is 0 Å². The summed E-state index contributed by atoms with van der Waals surface area (Å²) < 4.78 is 11.6. The molecule has 0 radical (unpaired) electrons. The molecule has 0 bridgehead atoms. The Kier molecular flexibility index (Phi) is 7.00. The zero-order valence-corrected chi connectivity index (χ0v) is 17.5. The van der Waals surface area contributed by atoms with Crippen molar-refractivity contribution in [2.45, 2.75) is 57.2 Å². The fourth-order valence-electron chi connectivity index (χ4n) is 4.47. The summed E-state index contributed by atoms with van der Waals surface area (Å²) in [5, 5.41) is 3.06. The van der Waals surface area contributed by atoms with Gasteiger partial charge in [-0.1, -0.05) is 12.5 Å². The van der Waals surface area contributed by atoms with Crippen molar-refractivity contribution in [2.24, 2.45) is 0 Å². The molecule has 29 heavy (non-hydrogen) atoms. The summed E-state index contributed by atoms with van der Waals surface area (Å²) in [5.41, 5.74) is 1.01. The molecule has 2 aliphatic heterocycles. The van der Waals surface area contributed by atoms with Crippen molar-refractivity contribution in [3.05, 3.63) is 23.9 Å². The maximum absolute atomic E-state index is 11.7. The second-order valence-electron chi connectivity index (χ2n) is 8.53. The van der Waals surface area contributed by atoms with Gasteiger partial charge in [0.15, 0.2) is 0 Å². The van der Waals surface area contributed by atoms with Gasteiger partial charge in [0.1, 0.15) is 6.10 Å². The third kappa shape index (κ3) is 5.68. The number of piperidine rings is 1. The lowest BCUT2D eigenvalue weighted by molar-refractivity contribution is -0.119. The van der Waals surface area contributed by atoms with Crippen LogP contribution in [0, 0.1) is 0 Å². The summed E-state index contributed by atoms with van der Waals surface area (Å²) in [6, 6.07) is 4.73. The van der Waals surface area contributed by atoms with Gasteiger partial charge >= 0.3 is 0 Å². The topological polar surface area (TPSA) is 66.9 Å². The van der Waals surface area contributed by atoms with Gasteiger partial charge in [0.25, 0.3) is 0 Å². The molecule has 3 heterocycles. The zero-order chi connectivity index (χ0) is 20.1. The second-order valence-corrected chi connectivity index (χ2v) is 8.53. The highest BCUT2D eigenvalue weighted by Gasteiger charge is 2.29. The molecule has 1 aliphatic carbocycles. The second kappa shape index (κ2) is 9.87. The Labute approximate surface area is 173 Å². The molecule has 1 aromatic heterocycles. The number of aromatic nitrogens is 1. The van der Waals surface area contributed by atoms with Gasteiger partial charge < -0.3 is 19.7 Å². The van der Waals surface area contributed by atoms with Crippen molar-refractivity contribution < 1.29 is 14.3 Å². The van der Waals surface area contributed by atoms with Gasteiger partial charge in [0, 0.05) is 58.0 Å². The molecular formula is C22H34N4O3. The molecule has 0 aromatic carbocycles. The van der Waals surface area contributed by atoms with E-state index in [4.69, 9.17) is 9.47 Å². The van der Waals surface area contributed by atoms with E-state index >= 15 is 0 Å². The molecule has 1 aromatic rings. The number of carbonyl (C=O) groups is 1. The number of morpholine rings is 1. The average Bonchev–Trinajstić information content (AvgIpc) is 2.69. The fraction of sp³-hybridized carbons (Fsp3) is 0.727. The first-order chi connectivity index (χ1) is 14.2. The first kappa shape index (κ1) is 20.6. The van der Waals surface area contributed by atoms with E-state index < -0.39 is 0 Å². The van der Waals surface area contributed by atoms with E-state index in [0.29, 0.717) is 5.88 Å². The summed E-state index contributed by atoms with van der Waals surface area (Å²) in [7, 11) is 0. The summed E-state index contributed by atoms with van der Waals surface area (Å²) in [5.74, 6) is 0.658. The summed E-state index contributed by atoms with van der Waals surface area (Å²) in [6.45, 7) is 7.88. The lowest BCUT2D eigenvalue weighted by Crippen LogP contribution is -2.46. The van der Waals surface area contributed by atoms with Crippen LogP contribution in [0.5, 0.6) is 5.88 Å². The van der Waals surface area contributed by atoms with Crippen LogP contribution in [0.25, 0.3) is 0 Å². The molecule has 2 saturated heterocycles. The van der Waals surface area contributed by atoms with E-state index in [1.54, 1.807) is 6.92 Å². The van der Waals surface area contributed by atoms with Crippen LogP contribution < -0.4 is 10.1 Å². The molecule has 1 unspecified atom stereocenters. The number of hydrogen-bond acceptors (Lipinski definition) is 6. The molecule has 0 spiro atoms. The summed E-state index contributed by atoms with van der Waals surface area (Å²) >= 11 is 0. The quantitative estimate of drug-likeness (QED) is 0.752. The molecule has 1 amide bonds. The van der Waals surface area contributed by atoms with Gasteiger partial charge in [-0.3, -0.25) is 9.69 Å². The number of nitrogens with one attached hydrogen (secondary N) is 1. The molecule has 7 nitrogen and oxygen atoms in total. The summed E-state index contributed by atoms with van der Waals surface area (Å²) in [4.78, 5) is 21.2. The Morgan fingerprint density at radius 2 is 1.97 bits per heavy atom. The molecule has 160 valence electrons. The predicted octanol–water partition coefficient (Wildman–Crippen LogP) is 1.99. The van der Waals surface area contributed by atoms with E-state index in [0.717, 1.165) is 70.4 Å². The Bertz CT molecular complexity index is 651. The van der Waals surface area contributed by atoms with Crippen LogP contribution in [0.3, 0.4) is 0 Å². The van der Waals surface area contributed by atoms with Crippen molar-refractivity contribution in [2.75, 3.05) is 45.9 Å². The molecule has 4 rings (SSSR count). The normalized spacial score (nSPS) is 23.3. The smallest absolute Gasteiger partial charge is 0.217 e. The number of rotatable bonds is 7. The number of nitrogens with zero attached hydrogens (tertiary/aromatic N) is 3. The van der Waals surface area contributed by atoms with E-state index in [1.807, 2.05) is 18.3 Å². The third-order valence-electron chi connectivity index (χ3n) is 6.44. The van der Waals surface area contributed by atoms with Crippen LogP contribution in [-0.2, 0) is 9.53 Å². The minimum absolute atomic E-state index is 0.0261. The Balaban J connectivity index is 1.30. The van der Waals surface area contributed by atoms with Gasteiger partial charge in [0.2, 0.25) is 11.8 Å². The van der Waals surface area contributed by atoms with Crippen LogP contribution in [0.2, 0.25) is 0 Å². The monoisotopic (exact) mass is 402 g/mol. The van der Waals surface area contributed by atoms with E-state index in [9.17, 15) is 4.79 Å². The molecule has 1 N–H and O–H groups in total. The molecule has 1 atom stereocenters. The Morgan fingerprint density at radius 3 is 2.55 bits per heavy atom. The fourth-order valence-corrected chi connectivity index (χ4v) is 4.47. The van der Waals surface area contributed by atoms with E-state index in [-0.39, 0.29) is 18.1 Å². The minimum Gasteiger partial charge on any atom is -0.474 e. The predicted molar refractivity (Wildman–Crippen MR) is 111 cm³/mol. The van der Waals surface area contributed by atoms with Crippen molar-refractivity contribution in [1.82, 2.24) is 20.1 Å². The first-order valence-corrected chi connectivity index (χ1v) is 11.1. The van der Waals surface area contributed by atoms with Crippen LogP contribution in [0.1, 0.15) is 50.6 Å². The third-order valence-corrected chi connectivity index (χ3v) is 6.44. The molecule has 3 aliphatic rings. The van der Waals surface area contributed by atoms with Crippen LogP contribution >= 0.6 is 0 Å². The van der Waals surface area contributed by atoms with Gasteiger partial charge in [-0.2, -0.15) is 0 Å². The minimum atomic E-state index is -0.0714. The highest BCUT2D eigenvalue weighted by Crippen LogP contribution is 2.28. The largest absolute Gasteiger partial charge is 0.474 e. The van der Waals surface area contributed by atoms with Crippen LogP contribution in [-0.4, -0.2) is 78.8 Å².